The highest BCUT2D eigenvalue weighted by molar-refractivity contribution is 7.09. The number of nitrogens with one attached hydrogen (secondary N) is 1. The van der Waals surface area contributed by atoms with Gasteiger partial charge in [0.05, 0.1) is 17.7 Å². The first-order valence-electron chi connectivity index (χ1n) is 7.68. The second-order valence-corrected chi connectivity index (χ2v) is 6.67. The Balaban J connectivity index is 1.97. The zero-order chi connectivity index (χ0) is 14.4. The standard InChI is InChI=1S/C15H27N3OS/c1-4-5-16-13(10-15-17-6-9-20-15)14-11-18(12(2)3)7-8-19-14/h6,9,12-14,16H,4-5,7-8,10-11H2,1-3H3. The molecule has 0 amide bonds. The van der Waals surface area contributed by atoms with Crippen LogP contribution in [-0.2, 0) is 11.2 Å². The fraction of sp³-hybridized carbons (Fsp3) is 0.800. The summed E-state index contributed by atoms with van der Waals surface area (Å²) >= 11 is 1.74. The minimum atomic E-state index is 0.265. The van der Waals surface area contributed by atoms with Crippen LogP contribution >= 0.6 is 11.3 Å². The van der Waals surface area contributed by atoms with E-state index in [0.717, 1.165) is 39.1 Å². The Kier molecular flexibility index (Phi) is 6.42. The molecule has 1 saturated heterocycles. The summed E-state index contributed by atoms with van der Waals surface area (Å²) in [5.41, 5.74) is 0. The van der Waals surface area contributed by atoms with Gasteiger partial charge in [0.2, 0.25) is 0 Å². The first-order chi connectivity index (χ1) is 9.70. The van der Waals surface area contributed by atoms with E-state index in [9.17, 15) is 0 Å². The van der Waals surface area contributed by atoms with E-state index in [1.807, 2.05) is 11.6 Å². The van der Waals surface area contributed by atoms with Crippen molar-refractivity contribution in [3.05, 3.63) is 16.6 Å². The van der Waals surface area contributed by atoms with Crippen LogP contribution in [0.5, 0.6) is 0 Å². The Bertz CT molecular complexity index is 369. The molecule has 1 N–H and O–H groups in total. The second-order valence-electron chi connectivity index (χ2n) is 5.69. The maximum Gasteiger partial charge on any atom is 0.0941 e. The van der Waals surface area contributed by atoms with Gasteiger partial charge < -0.3 is 10.1 Å². The zero-order valence-corrected chi connectivity index (χ0v) is 13.7. The van der Waals surface area contributed by atoms with Crippen LogP contribution in [0.3, 0.4) is 0 Å². The number of nitrogens with zero attached hydrogens (tertiary/aromatic N) is 2. The molecule has 1 aliphatic heterocycles. The predicted octanol–water partition coefficient (Wildman–Crippen LogP) is 2.16. The van der Waals surface area contributed by atoms with Gasteiger partial charge in [-0.05, 0) is 26.8 Å². The largest absolute Gasteiger partial charge is 0.374 e. The van der Waals surface area contributed by atoms with E-state index in [1.165, 1.54) is 5.01 Å². The van der Waals surface area contributed by atoms with Crippen LogP contribution in [0.2, 0.25) is 0 Å². The molecule has 0 spiro atoms. The summed E-state index contributed by atoms with van der Waals surface area (Å²) < 4.78 is 6.04. The van der Waals surface area contributed by atoms with Gasteiger partial charge in [-0.25, -0.2) is 4.98 Å². The number of rotatable bonds is 7. The van der Waals surface area contributed by atoms with Crippen molar-refractivity contribution in [2.24, 2.45) is 0 Å². The first-order valence-corrected chi connectivity index (χ1v) is 8.56. The number of hydrogen-bond acceptors (Lipinski definition) is 5. The van der Waals surface area contributed by atoms with Crippen LogP contribution in [0.1, 0.15) is 32.2 Å². The summed E-state index contributed by atoms with van der Waals surface area (Å²) in [4.78, 5) is 6.93. The summed E-state index contributed by atoms with van der Waals surface area (Å²) in [7, 11) is 0. The molecule has 0 saturated carbocycles. The summed E-state index contributed by atoms with van der Waals surface area (Å²) in [6.07, 6.45) is 4.27. The third-order valence-electron chi connectivity index (χ3n) is 3.84. The number of ether oxygens (including phenoxy) is 1. The Morgan fingerprint density at radius 3 is 3.05 bits per heavy atom. The lowest BCUT2D eigenvalue weighted by Gasteiger charge is -2.39. The molecule has 2 unspecified atom stereocenters. The highest BCUT2D eigenvalue weighted by Gasteiger charge is 2.29. The fourth-order valence-corrected chi connectivity index (χ4v) is 3.29. The molecule has 0 aliphatic carbocycles. The van der Waals surface area contributed by atoms with Gasteiger partial charge >= 0.3 is 0 Å². The number of morpholine rings is 1. The molecule has 2 atom stereocenters. The molecule has 4 nitrogen and oxygen atoms in total. The molecule has 1 aromatic heterocycles. The highest BCUT2D eigenvalue weighted by Crippen LogP contribution is 2.16. The molecular formula is C15H27N3OS. The van der Waals surface area contributed by atoms with Crippen molar-refractivity contribution >= 4 is 11.3 Å². The van der Waals surface area contributed by atoms with Gasteiger partial charge in [0, 0.05) is 43.2 Å². The Hall–Kier alpha value is -0.490. The Morgan fingerprint density at radius 2 is 2.40 bits per heavy atom. The number of thiazole rings is 1. The van der Waals surface area contributed by atoms with E-state index in [4.69, 9.17) is 4.74 Å². The van der Waals surface area contributed by atoms with Crippen molar-refractivity contribution in [3.63, 3.8) is 0 Å². The van der Waals surface area contributed by atoms with Gasteiger partial charge in [-0.2, -0.15) is 0 Å². The van der Waals surface area contributed by atoms with E-state index in [0.29, 0.717) is 12.1 Å². The molecule has 2 rings (SSSR count). The third-order valence-corrected chi connectivity index (χ3v) is 4.64. The summed E-state index contributed by atoms with van der Waals surface area (Å²) in [5, 5.41) is 6.90. The Morgan fingerprint density at radius 1 is 1.55 bits per heavy atom. The summed E-state index contributed by atoms with van der Waals surface area (Å²) in [6, 6.07) is 0.954. The molecule has 2 heterocycles. The lowest BCUT2D eigenvalue weighted by Crippen LogP contribution is -2.54. The third kappa shape index (κ3) is 4.52. The molecule has 114 valence electrons. The van der Waals surface area contributed by atoms with Gasteiger partial charge in [0.25, 0.3) is 0 Å². The van der Waals surface area contributed by atoms with E-state index in [2.05, 4.69) is 36.0 Å². The highest BCUT2D eigenvalue weighted by atomic mass is 32.1. The van der Waals surface area contributed by atoms with Crippen molar-refractivity contribution in [2.75, 3.05) is 26.2 Å². The predicted molar refractivity (Wildman–Crippen MR) is 84.3 cm³/mol. The van der Waals surface area contributed by atoms with Crippen LogP contribution < -0.4 is 5.32 Å². The first kappa shape index (κ1) is 15.9. The van der Waals surface area contributed by atoms with Gasteiger partial charge in [-0.1, -0.05) is 6.92 Å². The summed E-state index contributed by atoms with van der Waals surface area (Å²) in [6.45, 7) is 10.7. The monoisotopic (exact) mass is 297 g/mol. The van der Waals surface area contributed by atoms with E-state index < -0.39 is 0 Å². The average Bonchev–Trinajstić information content (AvgIpc) is 2.96. The van der Waals surface area contributed by atoms with Crippen molar-refractivity contribution in [3.8, 4) is 0 Å². The molecule has 0 radical (unpaired) electrons. The molecule has 1 aromatic rings. The molecule has 0 bridgehead atoms. The number of aromatic nitrogens is 1. The van der Waals surface area contributed by atoms with E-state index in [-0.39, 0.29) is 6.10 Å². The maximum absolute atomic E-state index is 6.04. The SMILES string of the molecule is CCCNC(Cc1nccs1)C1CN(C(C)C)CCO1. The van der Waals surface area contributed by atoms with E-state index in [1.54, 1.807) is 11.3 Å². The molecule has 5 heteroatoms. The molecule has 0 aromatic carbocycles. The van der Waals surface area contributed by atoms with Crippen LogP contribution in [0, 0.1) is 0 Å². The van der Waals surface area contributed by atoms with Crippen LogP contribution in [-0.4, -0.2) is 54.3 Å². The van der Waals surface area contributed by atoms with Gasteiger partial charge in [-0.15, -0.1) is 11.3 Å². The van der Waals surface area contributed by atoms with Gasteiger partial charge in [0.15, 0.2) is 0 Å². The average molecular weight is 297 g/mol. The van der Waals surface area contributed by atoms with E-state index >= 15 is 0 Å². The normalized spacial score (nSPS) is 22.3. The molecule has 1 aliphatic rings. The second kappa shape index (κ2) is 8.08. The van der Waals surface area contributed by atoms with Crippen molar-refractivity contribution in [1.82, 2.24) is 15.2 Å². The smallest absolute Gasteiger partial charge is 0.0941 e. The van der Waals surface area contributed by atoms with Crippen LogP contribution in [0.4, 0.5) is 0 Å². The van der Waals surface area contributed by atoms with Crippen molar-refractivity contribution in [1.29, 1.82) is 0 Å². The van der Waals surface area contributed by atoms with Crippen molar-refractivity contribution < 1.29 is 4.74 Å². The summed E-state index contributed by atoms with van der Waals surface area (Å²) in [5.74, 6) is 0. The van der Waals surface area contributed by atoms with Crippen molar-refractivity contribution in [2.45, 2.75) is 51.8 Å². The lowest BCUT2D eigenvalue weighted by atomic mass is 10.0. The zero-order valence-electron chi connectivity index (χ0n) is 12.8. The minimum absolute atomic E-state index is 0.265. The topological polar surface area (TPSA) is 37.4 Å². The fourth-order valence-electron chi connectivity index (χ4n) is 2.62. The minimum Gasteiger partial charge on any atom is -0.374 e. The Labute approximate surface area is 126 Å². The quantitative estimate of drug-likeness (QED) is 0.837. The van der Waals surface area contributed by atoms with Crippen LogP contribution in [0.25, 0.3) is 0 Å². The van der Waals surface area contributed by atoms with Gasteiger partial charge in [0.1, 0.15) is 0 Å². The maximum atomic E-state index is 6.04. The lowest BCUT2D eigenvalue weighted by molar-refractivity contribution is -0.0551. The van der Waals surface area contributed by atoms with Crippen LogP contribution in [0.15, 0.2) is 11.6 Å². The molecule has 1 fully saturated rings. The molecular weight excluding hydrogens is 270 g/mol. The number of hydrogen-bond donors (Lipinski definition) is 1. The van der Waals surface area contributed by atoms with Gasteiger partial charge in [-0.3, -0.25) is 4.90 Å². The molecule has 20 heavy (non-hydrogen) atoms.